The molecule has 1 heterocycles. The molecule has 3 heteroatoms. The first-order chi connectivity index (χ1) is 14.1. The number of aromatic nitrogens is 2. The van der Waals surface area contributed by atoms with E-state index in [1.165, 1.54) is 33.6 Å². The average Bonchev–Trinajstić information content (AvgIpc) is 3.07. The van der Waals surface area contributed by atoms with Crippen LogP contribution in [0, 0.1) is 0 Å². The van der Waals surface area contributed by atoms with E-state index in [1.807, 2.05) is 0 Å². The minimum Gasteiger partial charge on any atom is -0.457 e. The van der Waals surface area contributed by atoms with E-state index in [-0.39, 0.29) is 0 Å². The van der Waals surface area contributed by atoms with Gasteiger partial charge in [0.25, 0.3) is 0 Å². The maximum Gasteiger partial charge on any atom is 0.135 e. The molecule has 0 aliphatic heterocycles. The number of benzene rings is 2. The molecule has 2 nitrogen and oxygen atoms in total. The third kappa shape index (κ3) is 3.99. The Labute approximate surface area is 184 Å². The lowest BCUT2D eigenvalue weighted by Crippen LogP contribution is -2.49. The van der Waals surface area contributed by atoms with Gasteiger partial charge in [-0.15, -0.1) is 0 Å². The summed E-state index contributed by atoms with van der Waals surface area (Å²) in [5.41, 5.74) is 8.53. The smallest absolute Gasteiger partial charge is 0.135 e. The summed E-state index contributed by atoms with van der Waals surface area (Å²) in [4.78, 5) is 0. The molecule has 0 spiro atoms. The Morgan fingerprint density at radius 2 is 1.07 bits per heavy atom. The van der Waals surface area contributed by atoms with Gasteiger partial charge in [0, 0.05) is 22.3 Å². The SMILES string of the molecule is [B-]c1n(-c2c(C(C)C)cccc2C(C)C)cc[n+]1-c1c(C(C)C)cccc1C(C)C. The van der Waals surface area contributed by atoms with Crippen molar-refractivity contribution < 1.29 is 4.57 Å². The van der Waals surface area contributed by atoms with E-state index in [4.69, 9.17) is 7.85 Å². The molecule has 1 aromatic heterocycles. The Kier molecular flexibility index (Phi) is 6.60. The lowest BCUT2D eigenvalue weighted by molar-refractivity contribution is -0.576. The fourth-order valence-electron chi connectivity index (χ4n) is 4.36. The molecule has 30 heavy (non-hydrogen) atoms. The van der Waals surface area contributed by atoms with E-state index in [9.17, 15) is 0 Å². The molecule has 0 saturated carbocycles. The van der Waals surface area contributed by atoms with Crippen molar-refractivity contribution in [2.45, 2.75) is 79.1 Å². The van der Waals surface area contributed by atoms with Crippen LogP contribution < -0.4 is 10.3 Å². The molecule has 0 bridgehead atoms. The van der Waals surface area contributed by atoms with E-state index in [0.717, 1.165) is 5.72 Å². The maximum absolute atomic E-state index is 6.87. The predicted octanol–water partition coefficient (Wildman–Crippen LogP) is 6.04. The second kappa shape index (κ2) is 8.84. The summed E-state index contributed by atoms with van der Waals surface area (Å²) in [6, 6.07) is 13.3. The molecule has 157 valence electrons. The summed E-state index contributed by atoms with van der Waals surface area (Å²) in [5, 5.41) is 0. The van der Waals surface area contributed by atoms with Crippen molar-refractivity contribution in [3.05, 3.63) is 71.0 Å². The first kappa shape index (κ1) is 22.4. The van der Waals surface area contributed by atoms with Gasteiger partial charge in [-0.1, -0.05) is 91.8 Å². The minimum atomic E-state index is 0.420. The van der Waals surface area contributed by atoms with Gasteiger partial charge in [-0.05, 0) is 29.4 Å². The quantitative estimate of drug-likeness (QED) is 0.353. The molecule has 0 aliphatic rings. The molecule has 0 aliphatic carbocycles. The summed E-state index contributed by atoms with van der Waals surface area (Å²) in [6.45, 7) is 18.0. The zero-order chi connectivity index (χ0) is 22.2. The Balaban J connectivity index is 2.32. The number of rotatable bonds is 6. The molecular formula is C27H36BN2. The number of hydrogen-bond donors (Lipinski definition) is 0. The molecule has 3 radical (unpaired) electrons. The molecule has 0 atom stereocenters. The largest absolute Gasteiger partial charge is 0.457 e. The molecule has 0 saturated heterocycles. The second-order valence-electron chi connectivity index (χ2n) is 9.59. The summed E-state index contributed by atoms with van der Waals surface area (Å²) < 4.78 is 4.37. The highest BCUT2D eigenvalue weighted by Crippen LogP contribution is 2.31. The van der Waals surface area contributed by atoms with Crippen LogP contribution in [0.15, 0.2) is 48.8 Å². The van der Waals surface area contributed by atoms with E-state index in [1.54, 1.807) is 0 Å². The van der Waals surface area contributed by atoms with Crippen molar-refractivity contribution in [3.8, 4) is 11.4 Å². The molecule has 0 N–H and O–H groups in total. The van der Waals surface area contributed by atoms with Gasteiger partial charge in [-0.3, -0.25) is 0 Å². The fourth-order valence-corrected chi connectivity index (χ4v) is 4.36. The van der Waals surface area contributed by atoms with Gasteiger partial charge in [-0.2, -0.15) is 0 Å². The first-order valence-corrected chi connectivity index (χ1v) is 11.3. The fraction of sp³-hybridized carbons (Fsp3) is 0.444. The molecule has 0 amide bonds. The van der Waals surface area contributed by atoms with Gasteiger partial charge in [0.05, 0.1) is 0 Å². The van der Waals surface area contributed by atoms with Gasteiger partial charge < -0.3 is 7.85 Å². The standard InChI is InChI=1S/C27H36BN2/c1-17(2)21-11-9-12-22(18(3)4)25(21)29-15-16-30(27(29)28)26-23(19(5)6)13-10-14-24(26)20(7)8/h9-20H,1-8H3. The number of imidazole rings is 1. The summed E-state index contributed by atoms with van der Waals surface area (Å²) >= 11 is 0. The van der Waals surface area contributed by atoms with Crippen LogP contribution in [-0.2, 0) is 0 Å². The van der Waals surface area contributed by atoms with Crippen LogP contribution in [0.5, 0.6) is 0 Å². The molecule has 3 aromatic rings. The monoisotopic (exact) mass is 399 g/mol. The first-order valence-electron chi connectivity index (χ1n) is 11.3. The number of nitrogens with zero attached hydrogens (tertiary/aromatic N) is 2. The molecule has 2 aromatic carbocycles. The predicted molar refractivity (Wildman–Crippen MR) is 129 cm³/mol. The Hall–Kier alpha value is -2.29. The van der Waals surface area contributed by atoms with Crippen molar-refractivity contribution in [3.63, 3.8) is 0 Å². The molecule has 3 rings (SSSR count). The van der Waals surface area contributed by atoms with Crippen molar-refractivity contribution in [1.82, 2.24) is 4.57 Å². The highest BCUT2D eigenvalue weighted by molar-refractivity contribution is 6.28. The topological polar surface area (TPSA) is 8.81 Å². The average molecular weight is 399 g/mol. The van der Waals surface area contributed by atoms with Crippen LogP contribution in [0.4, 0.5) is 0 Å². The third-order valence-corrected chi connectivity index (χ3v) is 6.03. The lowest BCUT2D eigenvalue weighted by Gasteiger charge is -2.22. The summed E-state index contributed by atoms with van der Waals surface area (Å²) in [7, 11) is 6.87. The molecule has 0 fully saturated rings. The Bertz CT molecular complexity index is 892. The summed E-state index contributed by atoms with van der Waals surface area (Å²) in [5.74, 6) is 1.68. The van der Waals surface area contributed by atoms with Crippen molar-refractivity contribution in [2.24, 2.45) is 0 Å². The third-order valence-electron chi connectivity index (χ3n) is 6.03. The van der Waals surface area contributed by atoms with Crippen LogP contribution in [0.1, 0.15) is 101 Å². The van der Waals surface area contributed by atoms with Crippen molar-refractivity contribution in [1.29, 1.82) is 0 Å². The van der Waals surface area contributed by atoms with Gasteiger partial charge in [0.15, 0.2) is 0 Å². The van der Waals surface area contributed by atoms with Gasteiger partial charge >= 0.3 is 0 Å². The van der Waals surface area contributed by atoms with Gasteiger partial charge in [0.1, 0.15) is 23.8 Å². The summed E-state index contributed by atoms with van der Waals surface area (Å²) in [6.07, 6.45) is 4.26. The highest BCUT2D eigenvalue weighted by atomic mass is 15.1. The van der Waals surface area contributed by atoms with Crippen LogP contribution in [0.3, 0.4) is 0 Å². The Morgan fingerprint density at radius 3 is 1.47 bits per heavy atom. The van der Waals surface area contributed by atoms with Gasteiger partial charge in [-0.25, -0.2) is 9.13 Å². The Morgan fingerprint density at radius 1 is 0.667 bits per heavy atom. The molecular weight excluding hydrogens is 363 g/mol. The molecule has 0 unspecified atom stereocenters. The van der Waals surface area contributed by atoms with E-state index in [0.29, 0.717) is 23.7 Å². The zero-order valence-electron chi connectivity index (χ0n) is 19.9. The zero-order valence-corrected chi connectivity index (χ0v) is 19.9. The van der Waals surface area contributed by atoms with Crippen LogP contribution >= 0.6 is 0 Å². The van der Waals surface area contributed by atoms with Crippen molar-refractivity contribution in [2.75, 3.05) is 0 Å². The lowest BCUT2D eigenvalue weighted by atomic mass is 9.91. The number of para-hydroxylation sites is 2. The van der Waals surface area contributed by atoms with Crippen LogP contribution in [-0.4, -0.2) is 12.4 Å². The second-order valence-corrected chi connectivity index (χ2v) is 9.59. The highest BCUT2D eigenvalue weighted by Gasteiger charge is 2.23. The maximum atomic E-state index is 6.87. The number of hydrogen-bond acceptors (Lipinski definition) is 0. The van der Waals surface area contributed by atoms with Crippen molar-refractivity contribution >= 4 is 13.6 Å². The van der Waals surface area contributed by atoms with E-state index >= 15 is 0 Å². The van der Waals surface area contributed by atoms with E-state index < -0.39 is 0 Å². The normalized spacial score (nSPS) is 12.0. The van der Waals surface area contributed by atoms with Gasteiger partial charge in [0.2, 0.25) is 0 Å². The van der Waals surface area contributed by atoms with Crippen LogP contribution in [0.2, 0.25) is 0 Å². The van der Waals surface area contributed by atoms with Crippen LogP contribution in [0.25, 0.3) is 11.4 Å². The van der Waals surface area contributed by atoms with E-state index in [2.05, 4.69) is 113 Å². The minimum absolute atomic E-state index is 0.420.